The molecule has 4 atom stereocenters. The molecule has 0 radical (unpaired) electrons. The summed E-state index contributed by atoms with van der Waals surface area (Å²) in [7, 11) is 0. The predicted octanol–water partition coefficient (Wildman–Crippen LogP) is 1.31. The van der Waals surface area contributed by atoms with Crippen molar-refractivity contribution in [2.75, 3.05) is 0 Å². The van der Waals surface area contributed by atoms with E-state index in [-0.39, 0.29) is 11.7 Å². The Kier molecular flexibility index (Phi) is 2.54. The van der Waals surface area contributed by atoms with Crippen LogP contribution in [-0.4, -0.2) is 29.1 Å². The van der Waals surface area contributed by atoms with Crippen LogP contribution in [0.2, 0.25) is 0 Å². The van der Waals surface area contributed by atoms with Crippen molar-refractivity contribution in [1.29, 1.82) is 0 Å². The lowest BCUT2D eigenvalue weighted by molar-refractivity contribution is -0.140. The number of aliphatic hydroxyl groups is 1. The van der Waals surface area contributed by atoms with Crippen molar-refractivity contribution < 1.29 is 19.4 Å². The van der Waals surface area contributed by atoms with Gasteiger partial charge in [0.05, 0.1) is 12.0 Å². The highest BCUT2D eigenvalue weighted by atomic mass is 16.6. The molecule has 0 aromatic heterocycles. The van der Waals surface area contributed by atoms with Crippen molar-refractivity contribution in [3.63, 3.8) is 0 Å². The molecule has 2 aliphatic carbocycles. The van der Waals surface area contributed by atoms with Crippen molar-refractivity contribution in [2.45, 2.75) is 32.5 Å². The van der Waals surface area contributed by atoms with Crippen molar-refractivity contribution in [3.05, 3.63) is 34.9 Å². The molecule has 1 N–H and O–H groups in total. The molecule has 1 aliphatic heterocycles. The first-order chi connectivity index (χ1) is 8.91. The first-order valence-electron chi connectivity index (χ1n) is 6.42. The normalized spacial score (nSPS) is 37.8. The zero-order valence-corrected chi connectivity index (χ0v) is 11.0. The maximum absolute atomic E-state index is 12.1. The summed E-state index contributed by atoms with van der Waals surface area (Å²) in [4.78, 5) is 23.8. The second kappa shape index (κ2) is 3.90. The number of allylic oxidation sites excluding steroid dienone is 1. The molecule has 0 amide bonds. The molecule has 0 aromatic carbocycles. The molecule has 0 unspecified atom stereocenters. The van der Waals surface area contributed by atoms with E-state index in [2.05, 4.69) is 6.58 Å². The van der Waals surface area contributed by atoms with Gasteiger partial charge in [-0.05, 0) is 26.3 Å². The second-order valence-electron chi connectivity index (χ2n) is 5.62. The fraction of sp³-hybridized carbons (Fsp3) is 0.467. The summed E-state index contributed by atoms with van der Waals surface area (Å²) < 4.78 is 5.38. The smallest absolute Gasteiger partial charge is 0.334 e. The number of rotatable bonds is 0. The monoisotopic (exact) mass is 260 g/mol. The summed E-state index contributed by atoms with van der Waals surface area (Å²) in [6.07, 6.45) is 0.774. The van der Waals surface area contributed by atoms with Crippen LogP contribution in [0, 0.1) is 11.8 Å². The molecule has 1 fully saturated rings. The van der Waals surface area contributed by atoms with Crippen LogP contribution < -0.4 is 0 Å². The molecule has 4 nitrogen and oxygen atoms in total. The Labute approximate surface area is 111 Å². The van der Waals surface area contributed by atoms with Gasteiger partial charge in [-0.25, -0.2) is 4.79 Å². The van der Waals surface area contributed by atoms with Crippen LogP contribution in [0.4, 0.5) is 0 Å². The minimum atomic E-state index is -0.720. The van der Waals surface area contributed by atoms with E-state index in [1.807, 2.05) is 13.8 Å². The molecule has 4 heteroatoms. The third kappa shape index (κ3) is 1.56. The van der Waals surface area contributed by atoms with Gasteiger partial charge in [0, 0.05) is 17.1 Å². The van der Waals surface area contributed by atoms with E-state index in [0.29, 0.717) is 17.6 Å². The van der Waals surface area contributed by atoms with Gasteiger partial charge < -0.3 is 9.84 Å². The first-order valence-corrected chi connectivity index (χ1v) is 6.42. The van der Waals surface area contributed by atoms with E-state index in [0.717, 1.165) is 11.1 Å². The zero-order chi connectivity index (χ0) is 13.9. The van der Waals surface area contributed by atoms with Gasteiger partial charge in [0.2, 0.25) is 0 Å². The van der Waals surface area contributed by atoms with Gasteiger partial charge in [-0.1, -0.05) is 17.7 Å². The molecule has 0 aromatic rings. The summed E-state index contributed by atoms with van der Waals surface area (Å²) in [5.41, 5.74) is 2.78. The molecule has 1 saturated heterocycles. The first kappa shape index (κ1) is 12.4. The lowest BCUT2D eigenvalue weighted by atomic mass is 9.82. The Morgan fingerprint density at radius 1 is 1.37 bits per heavy atom. The number of esters is 1. The summed E-state index contributed by atoms with van der Waals surface area (Å²) in [5.74, 6) is -1.13. The minimum Gasteiger partial charge on any atom is -0.457 e. The van der Waals surface area contributed by atoms with Crippen molar-refractivity contribution in [2.24, 2.45) is 11.8 Å². The maximum atomic E-state index is 12.1. The van der Waals surface area contributed by atoms with Gasteiger partial charge in [-0.3, -0.25) is 4.79 Å². The van der Waals surface area contributed by atoms with Crippen molar-refractivity contribution in [3.8, 4) is 0 Å². The Morgan fingerprint density at radius 3 is 2.74 bits per heavy atom. The lowest BCUT2D eigenvalue weighted by Gasteiger charge is -2.25. The third-order valence-corrected chi connectivity index (χ3v) is 4.41. The van der Waals surface area contributed by atoms with E-state index < -0.39 is 24.1 Å². The number of ether oxygens (including phenoxy) is 1. The number of hydrogen-bond donors (Lipinski definition) is 1. The quantitative estimate of drug-likeness (QED) is 0.527. The van der Waals surface area contributed by atoms with Gasteiger partial charge >= 0.3 is 5.97 Å². The largest absolute Gasteiger partial charge is 0.457 e. The Bertz CT molecular complexity index is 567. The SMILES string of the molecule is C=C1C(=O)O[C@@H]2[C@@H]3C(C)=CC(=O)C3=C(C)C[C@H](O)[C@@H]12. The highest BCUT2D eigenvalue weighted by molar-refractivity contribution is 6.09. The summed E-state index contributed by atoms with van der Waals surface area (Å²) in [6, 6.07) is 0. The predicted molar refractivity (Wildman–Crippen MR) is 68.1 cm³/mol. The molecular formula is C15H16O4. The van der Waals surface area contributed by atoms with Crippen LogP contribution in [0.5, 0.6) is 0 Å². The van der Waals surface area contributed by atoms with E-state index in [1.165, 1.54) is 0 Å². The molecule has 100 valence electrons. The average molecular weight is 260 g/mol. The molecule has 19 heavy (non-hydrogen) atoms. The molecule has 1 heterocycles. The Balaban J connectivity index is 2.14. The molecule has 3 rings (SSSR count). The highest BCUT2D eigenvalue weighted by Crippen LogP contribution is 2.47. The highest BCUT2D eigenvalue weighted by Gasteiger charge is 2.52. The number of ketones is 1. The topological polar surface area (TPSA) is 63.6 Å². The van der Waals surface area contributed by atoms with E-state index in [1.54, 1.807) is 6.08 Å². The number of carbonyl (C=O) groups is 2. The molecule has 0 saturated carbocycles. The van der Waals surface area contributed by atoms with Gasteiger partial charge in [0.1, 0.15) is 6.10 Å². The van der Waals surface area contributed by atoms with Gasteiger partial charge in [-0.2, -0.15) is 0 Å². The number of fused-ring (bicyclic) bond motifs is 3. The zero-order valence-electron chi connectivity index (χ0n) is 11.0. The maximum Gasteiger partial charge on any atom is 0.334 e. The van der Waals surface area contributed by atoms with Crippen molar-refractivity contribution >= 4 is 11.8 Å². The minimum absolute atomic E-state index is 0.0265. The standard InChI is InChI=1S/C15H16O4/c1-6-4-10(17)13-8(3)15(18)19-14(13)12-7(2)5-9(16)11(6)12/h5,10,12-14,17H,3-4H2,1-2H3/t10-,12+,13+,14+/m0/s1. The van der Waals surface area contributed by atoms with Gasteiger partial charge in [0.15, 0.2) is 5.78 Å². The fourth-order valence-corrected chi connectivity index (χ4v) is 3.54. The van der Waals surface area contributed by atoms with E-state index >= 15 is 0 Å². The number of aliphatic hydroxyl groups excluding tert-OH is 1. The molecule has 0 spiro atoms. The van der Waals surface area contributed by atoms with Crippen LogP contribution in [0.1, 0.15) is 20.3 Å². The Morgan fingerprint density at radius 2 is 2.05 bits per heavy atom. The lowest BCUT2D eigenvalue weighted by Crippen LogP contribution is -2.33. The van der Waals surface area contributed by atoms with Crippen LogP contribution >= 0.6 is 0 Å². The van der Waals surface area contributed by atoms with Gasteiger partial charge in [-0.15, -0.1) is 0 Å². The second-order valence-corrected chi connectivity index (χ2v) is 5.62. The number of hydrogen-bond acceptors (Lipinski definition) is 4. The fourth-order valence-electron chi connectivity index (χ4n) is 3.54. The summed E-state index contributed by atoms with van der Waals surface area (Å²) in [6.45, 7) is 7.47. The Hall–Kier alpha value is -1.68. The van der Waals surface area contributed by atoms with E-state index in [4.69, 9.17) is 4.74 Å². The van der Waals surface area contributed by atoms with Crippen LogP contribution in [-0.2, 0) is 14.3 Å². The van der Waals surface area contributed by atoms with Crippen LogP contribution in [0.25, 0.3) is 0 Å². The summed E-state index contributed by atoms with van der Waals surface area (Å²) in [5, 5.41) is 10.3. The molecule has 0 bridgehead atoms. The van der Waals surface area contributed by atoms with Crippen LogP contribution in [0.15, 0.2) is 34.9 Å². The molecule has 3 aliphatic rings. The average Bonchev–Trinajstić information content (AvgIpc) is 2.72. The van der Waals surface area contributed by atoms with Crippen LogP contribution in [0.3, 0.4) is 0 Å². The number of carbonyl (C=O) groups excluding carboxylic acids is 2. The third-order valence-electron chi connectivity index (χ3n) is 4.41. The summed E-state index contributed by atoms with van der Waals surface area (Å²) >= 11 is 0. The van der Waals surface area contributed by atoms with E-state index in [9.17, 15) is 14.7 Å². The van der Waals surface area contributed by atoms with Gasteiger partial charge in [0.25, 0.3) is 0 Å². The molecular weight excluding hydrogens is 244 g/mol. The van der Waals surface area contributed by atoms with Crippen molar-refractivity contribution in [1.82, 2.24) is 0 Å².